The van der Waals surface area contributed by atoms with E-state index in [1.54, 1.807) is 6.07 Å². The third-order valence-electron chi connectivity index (χ3n) is 8.61. The molecule has 0 radical (unpaired) electrons. The van der Waals surface area contributed by atoms with Crippen molar-refractivity contribution < 1.29 is 40.4 Å². The van der Waals surface area contributed by atoms with Crippen molar-refractivity contribution in [3.8, 4) is 11.5 Å². The molecule has 1 saturated heterocycles. The van der Waals surface area contributed by atoms with Crippen LogP contribution >= 0.6 is 0 Å². The first-order valence-corrected chi connectivity index (χ1v) is 13.5. The number of rotatable bonds is 6. The molecule has 1 aromatic rings. The minimum atomic E-state index is -6.01. The Bertz CT molecular complexity index is 1150. The molecule has 35 heavy (non-hydrogen) atoms. The minimum Gasteiger partial charge on any atom is -0.493 e. The molecule has 1 heterocycles. The van der Waals surface area contributed by atoms with Crippen LogP contribution in [0.1, 0.15) is 56.6 Å². The fourth-order valence-corrected chi connectivity index (χ4v) is 7.17. The van der Waals surface area contributed by atoms with Crippen molar-refractivity contribution in [1.29, 1.82) is 0 Å². The van der Waals surface area contributed by atoms with Crippen molar-refractivity contribution in [2.75, 3.05) is 20.2 Å². The van der Waals surface area contributed by atoms with Crippen molar-refractivity contribution >= 4 is 15.9 Å². The molecule has 4 atom stereocenters. The Morgan fingerprint density at radius 3 is 2.57 bits per heavy atom. The first kappa shape index (κ1) is 24.8. The summed E-state index contributed by atoms with van der Waals surface area (Å²) in [5, 5.41) is 12.4. The molecule has 2 bridgehead atoms. The molecule has 5 rings (SSSR count). The highest BCUT2D eigenvalue weighted by Crippen LogP contribution is 2.62. The summed E-state index contributed by atoms with van der Waals surface area (Å²) in [5.41, 5.74) is -7.59. The molecule has 3 fully saturated rings. The highest BCUT2D eigenvalue weighted by Gasteiger charge is 2.67. The van der Waals surface area contributed by atoms with Gasteiger partial charge in [-0.2, -0.15) is 21.6 Å². The summed E-state index contributed by atoms with van der Waals surface area (Å²) in [6.45, 7) is 3.26. The maximum Gasteiger partial charge on any atom is 0.534 e. The van der Waals surface area contributed by atoms with Gasteiger partial charge < -0.3 is 14.0 Å². The van der Waals surface area contributed by atoms with Crippen molar-refractivity contribution in [2.24, 2.45) is 11.8 Å². The zero-order valence-corrected chi connectivity index (χ0v) is 20.5. The zero-order chi connectivity index (χ0) is 25.4. The summed E-state index contributed by atoms with van der Waals surface area (Å²) in [6.07, 6.45) is 3.51. The number of hydrogen-bond donors (Lipinski definition) is 1. The molecule has 0 spiro atoms. The van der Waals surface area contributed by atoms with E-state index < -0.39 is 32.4 Å². The van der Waals surface area contributed by atoms with Gasteiger partial charge in [0.2, 0.25) is 0 Å². The minimum absolute atomic E-state index is 0.0770. The van der Waals surface area contributed by atoms with Gasteiger partial charge in [0.1, 0.15) is 5.78 Å². The summed E-state index contributed by atoms with van der Waals surface area (Å²) in [5.74, 6) is -0.639. The molecule has 194 valence electrons. The van der Waals surface area contributed by atoms with Gasteiger partial charge in [0, 0.05) is 35.9 Å². The normalized spacial score (nSPS) is 33.1. The molecule has 1 aliphatic heterocycles. The summed E-state index contributed by atoms with van der Waals surface area (Å²) >= 11 is 0. The molecule has 4 aliphatic rings. The van der Waals surface area contributed by atoms with Crippen LogP contribution in [-0.4, -0.2) is 61.6 Å². The molecule has 1 N–H and O–H groups in total. The van der Waals surface area contributed by atoms with Crippen LogP contribution < -0.4 is 8.92 Å². The summed E-state index contributed by atoms with van der Waals surface area (Å²) in [4.78, 5) is 15.5. The van der Waals surface area contributed by atoms with Gasteiger partial charge in [-0.05, 0) is 62.6 Å². The Labute approximate surface area is 202 Å². The van der Waals surface area contributed by atoms with Gasteiger partial charge in [0.05, 0.1) is 12.7 Å². The Hall–Kier alpha value is -1.85. The lowest BCUT2D eigenvalue weighted by Gasteiger charge is -2.64. The highest BCUT2D eigenvalue weighted by atomic mass is 32.2. The third-order valence-corrected chi connectivity index (χ3v) is 9.57. The number of benzene rings is 1. The predicted molar refractivity (Wildman–Crippen MR) is 120 cm³/mol. The number of carbonyl (C=O) groups is 1. The molecule has 1 unspecified atom stereocenters. The third kappa shape index (κ3) is 3.68. The van der Waals surface area contributed by atoms with E-state index in [0.29, 0.717) is 37.3 Å². The number of halogens is 3. The summed E-state index contributed by atoms with van der Waals surface area (Å²) in [7, 11) is -4.80. The summed E-state index contributed by atoms with van der Waals surface area (Å²) in [6, 6.07) is 2.75. The Balaban J connectivity index is 1.72. The first-order chi connectivity index (χ1) is 16.4. The second-order valence-corrected chi connectivity index (χ2v) is 12.0. The predicted octanol–water partition coefficient (Wildman–Crippen LogP) is 3.32. The van der Waals surface area contributed by atoms with Crippen LogP contribution in [0.2, 0.25) is 0 Å². The van der Waals surface area contributed by atoms with Crippen LogP contribution in [0.25, 0.3) is 0 Å². The Kier molecular flexibility index (Phi) is 5.73. The topological polar surface area (TPSA) is 93.1 Å². The summed E-state index contributed by atoms with van der Waals surface area (Å²) < 4.78 is 74.1. The van der Waals surface area contributed by atoms with Crippen LogP contribution in [-0.2, 0) is 26.7 Å². The quantitative estimate of drug-likeness (QED) is 0.457. The van der Waals surface area contributed by atoms with Crippen LogP contribution in [0.3, 0.4) is 0 Å². The Morgan fingerprint density at radius 1 is 1.26 bits per heavy atom. The fraction of sp³-hybridized carbons (Fsp3) is 0.708. The number of carbonyl (C=O) groups excluding carboxylic acids is 1. The van der Waals surface area contributed by atoms with Gasteiger partial charge in [-0.15, -0.1) is 0 Å². The molecule has 0 aromatic heterocycles. The molecule has 2 saturated carbocycles. The van der Waals surface area contributed by atoms with Gasteiger partial charge in [0.15, 0.2) is 11.5 Å². The SMILES string of the molecule is CCC1C[C@@]2(O)[C@H]3Cc4ccc(OC)c(OS(=O)(=O)C(F)(F)F)c4[C@@]2(CCN3CC2CC2)CC1=O. The van der Waals surface area contributed by atoms with E-state index in [4.69, 9.17) is 8.92 Å². The number of nitrogens with zero attached hydrogens (tertiary/aromatic N) is 1. The van der Waals surface area contributed by atoms with Crippen LogP contribution in [0, 0.1) is 11.8 Å². The number of likely N-dealkylation sites (tertiary alicyclic amines) is 1. The van der Waals surface area contributed by atoms with Crippen molar-refractivity contribution in [3.05, 3.63) is 23.3 Å². The van der Waals surface area contributed by atoms with Gasteiger partial charge in [-0.25, -0.2) is 0 Å². The number of methoxy groups -OCH3 is 1. The molecule has 3 aliphatic carbocycles. The molecule has 1 aromatic carbocycles. The van der Waals surface area contributed by atoms with E-state index in [1.165, 1.54) is 13.2 Å². The van der Waals surface area contributed by atoms with E-state index in [9.17, 15) is 31.5 Å². The van der Waals surface area contributed by atoms with E-state index in [-0.39, 0.29) is 41.9 Å². The number of aliphatic hydroxyl groups is 1. The monoisotopic (exact) mass is 517 g/mol. The number of piperidine rings is 1. The van der Waals surface area contributed by atoms with E-state index in [0.717, 1.165) is 19.4 Å². The largest absolute Gasteiger partial charge is 0.534 e. The average Bonchev–Trinajstić information content (AvgIpc) is 3.59. The molecule has 7 nitrogen and oxygen atoms in total. The van der Waals surface area contributed by atoms with Gasteiger partial charge >= 0.3 is 15.6 Å². The van der Waals surface area contributed by atoms with Gasteiger partial charge in [-0.3, -0.25) is 9.69 Å². The fourth-order valence-electron chi connectivity index (χ4n) is 6.69. The number of fused-ring (bicyclic) bond motifs is 1. The molecular weight excluding hydrogens is 487 g/mol. The van der Waals surface area contributed by atoms with Crippen molar-refractivity contribution in [3.63, 3.8) is 0 Å². The second kappa shape index (κ2) is 8.08. The molecule has 0 amide bonds. The van der Waals surface area contributed by atoms with Gasteiger partial charge in [-0.1, -0.05) is 13.0 Å². The van der Waals surface area contributed by atoms with E-state index in [2.05, 4.69) is 4.90 Å². The second-order valence-electron chi connectivity index (χ2n) is 10.5. The van der Waals surface area contributed by atoms with Crippen LogP contribution in [0.15, 0.2) is 12.1 Å². The van der Waals surface area contributed by atoms with Crippen molar-refractivity contribution in [2.45, 2.75) is 74.4 Å². The first-order valence-electron chi connectivity index (χ1n) is 12.1. The molecular formula is C24H30F3NO6S. The zero-order valence-electron chi connectivity index (χ0n) is 19.7. The standard InChI is InChI=1S/C24H30F3NO6S/c1-3-15-11-23(30)19-10-16-6-7-18(33-2)21(34-35(31,32)24(25,26)27)20(16)22(23,12-17(15)29)8-9-28(19)13-14-4-5-14/h6-7,14-15,19,30H,3-5,8-13H2,1-2H3/t15?,19-,22-,23-/m1/s1. The lowest BCUT2D eigenvalue weighted by Crippen LogP contribution is -2.74. The number of hydrogen-bond acceptors (Lipinski definition) is 7. The number of alkyl halides is 3. The maximum atomic E-state index is 13.3. The van der Waals surface area contributed by atoms with Crippen LogP contribution in [0.5, 0.6) is 11.5 Å². The van der Waals surface area contributed by atoms with E-state index in [1.807, 2.05) is 6.92 Å². The number of ether oxygens (including phenoxy) is 1. The number of ketones is 1. The maximum absolute atomic E-state index is 13.3. The highest BCUT2D eigenvalue weighted by molar-refractivity contribution is 7.88. The average molecular weight is 518 g/mol. The lowest BCUT2D eigenvalue weighted by molar-refractivity contribution is -0.182. The van der Waals surface area contributed by atoms with Gasteiger partial charge in [0.25, 0.3) is 0 Å². The van der Waals surface area contributed by atoms with E-state index >= 15 is 0 Å². The Morgan fingerprint density at radius 2 is 1.97 bits per heavy atom. The molecule has 11 heteroatoms. The smallest absolute Gasteiger partial charge is 0.493 e. The van der Waals surface area contributed by atoms with Crippen LogP contribution in [0.4, 0.5) is 13.2 Å². The lowest BCUT2D eigenvalue weighted by atomic mass is 9.47. The number of Topliss-reactive ketones (excluding diaryl/α,β-unsaturated/α-hetero) is 1. The van der Waals surface area contributed by atoms with Crippen molar-refractivity contribution in [1.82, 2.24) is 4.90 Å².